The molecule has 1 saturated heterocycles. The molecule has 1 aromatic rings. The smallest absolute Gasteiger partial charge is 0.227 e. The standard InChI is InChI=1S/C17H23NO3/c1-20-14-8-6-13(7-9-14)12-17(19)18-10-11-21-16-5-3-2-4-15(16)18/h6-9,15-16H,2-5,10-12H2,1H3/t15-,16+/m0/s1. The third kappa shape index (κ3) is 3.21. The number of ether oxygens (including phenoxy) is 2. The van der Waals surface area contributed by atoms with E-state index >= 15 is 0 Å². The minimum absolute atomic E-state index is 0.223. The molecule has 0 N–H and O–H groups in total. The van der Waals surface area contributed by atoms with Gasteiger partial charge in [0.05, 0.1) is 32.3 Å². The van der Waals surface area contributed by atoms with Gasteiger partial charge in [0, 0.05) is 6.54 Å². The molecule has 21 heavy (non-hydrogen) atoms. The molecule has 114 valence electrons. The number of morpholine rings is 1. The van der Waals surface area contributed by atoms with Crippen LogP contribution in [0.2, 0.25) is 0 Å². The molecule has 1 saturated carbocycles. The quantitative estimate of drug-likeness (QED) is 0.857. The summed E-state index contributed by atoms with van der Waals surface area (Å²) < 4.78 is 11.0. The van der Waals surface area contributed by atoms with Gasteiger partial charge in [-0.15, -0.1) is 0 Å². The fourth-order valence-corrected chi connectivity index (χ4v) is 3.43. The number of rotatable bonds is 3. The molecule has 0 aromatic heterocycles. The van der Waals surface area contributed by atoms with Crippen LogP contribution < -0.4 is 4.74 Å². The zero-order valence-corrected chi connectivity index (χ0v) is 12.6. The average Bonchev–Trinajstić information content (AvgIpc) is 2.55. The number of nitrogens with zero attached hydrogens (tertiary/aromatic N) is 1. The zero-order valence-electron chi connectivity index (χ0n) is 12.6. The van der Waals surface area contributed by atoms with E-state index in [2.05, 4.69) is 4.90 Å². The molecule has 0 radical (unpaired) electrons. The summed E-state index contributed by atoms with van der Waals surface area (Å²) in [5.74, 6) is 1.05. The molecule has 1 aliphatic heterocycles. The normalized spacial score (nSPS) is 25.3. The molecular formula is C17H23NO3. The summed E-state index contributed by atoms with van der Waals surface area (Å²) in [4.78, 5) is 14.7. The van der Waals surface area contributed by atoms with E-state index in [1.165, 1.54) is 12.8 Å². The Morgan fingerprint density at radius 3 is 2.81 bits per heavy atom. The summed E-state index contributed by atoms with van der Waals surface area (Å²) in [6, 6.07) is 8.04. The van der Waals surface area contributed by atoms with Gasteiger partial charge in [0.1, 0.15) is 5.75 Å². The lowest BCUT2D eigenvalue weighted by atomic mass is 9.90. The van der Waals surface area contributed by atoms with Gasteiger partial charge in [0.25, 0.3) is 0 Å². The van der Waals surface area contributed by atoms with Crippen molar-refractivity contribution in [2.45, 2.75) is 44.2 Å². The maximum Gasteiger partial charge on any atom is 0.227 e. The summed E-state index contributed by atoms with van der Waals surface area (Å²) in [5, 5.41) is 0. The van der Waals surface area contributed by atoms with Crippen LogP contribution in [0.3, 0.4) is 0 Å². The van der Waals surface area contributed by atoms with Crippen LogP contribution in [0.1, 0.15) is 31.2 Å². The Kier molecular flexibility index (Phi) is 4.44. The van der Waals surface area contributed by atoms with Gasteiger partial charge in [-0.25, -0.2) is 0 Å². The van der Waals surface area contributed by atoms with Crippen LogP contribution in [-0.2, 0) is 16.0 Å². The summed E-state index contributed by atoms with van der Waals surface area (Å²) >= 11 is 0. The van der Waals surface area contributed by atoms with Gasteiger partial charge >= 0.3 is 0 Å². The van der Waals surface area contributed by atoms with Gasteiger partial charge in [-0.05, 0) is 30.5 Å². The predicted molar refractivity (Wildman–Crippen MR) is 80.4 cm³/mol. The van der Waals surface area contributed by atoms with Crippen molar-refractivity contribution in [1.29, 1.82) is 0 Å². The summed E-state index contributed by atoms with van der Waals surface area (Å²) in [7, 11) is 1.65. The van der Waals surface area contributed by atoms with Crippen LogP contribution in [0.25, 0.3) is 0 Å². The highest BCUT2D eigenvalue weighted by atomic mass is 16.5. The van der Waals surface area contributed by atoms with Gasteiger partial charge < -0.3 is 14.4 Å². The first kappa shape index (κ1) is 14.4. The van der Waals surface area contributed by atoms with Crippen molar-refractivity contribution in [3.8, 4) is 5.75 Å². The van der Waals surface area contributed by atoms with Crippen molar-refractivity contribution in [2.75, 3.05) is 20.3 Å². The maximum atomic E-state index is 12.6. The Balaban J connectivity index is 1.65. The largest absolute Gasteiger partial charge is 0.497 e. The summed E-state index contributed by atoms with van der Waals surface area (Å²) in [6.45, 7) is 1.41. The van der Waals surface area contributed by atoms with Crippen LogP contribution in [0.5, 0.6) is 5.75 Å². The Morgan fingerprint density at radius 1 is 1.29 bits per heavy atom. The molecule has 0 spiro atoms. The van der Waals surface area contributed by atoms with Crippen LogP contribution in [0.4, 0.5) is 0 Å². The first-order valence-corrected chi connectivity index (χ1v) is 7.82. The molecule has 1 aliphatic carbocycles. The Bertz CT molecular complexity index is 483. The molecule has 2 aliphatic rings. The fraction of sp³-hybridized carbons (Fsp3) is 0.588. The van der Waals surface area contributed by atoms with E-state index in [4.69, 9.17) is 9.47 Å². The van der Waals surface area contributed by atoms with E-state index in [9.17, 15) is 4.79 Å². The minimum Gasteiger partial charge on any atom is -0.497 e. The SMILES string of the molecule is COc1ccc(CC(=O)N2CCO[C@@H]3CCCC[C@@H]32)cc1. The van der Waals surface area contributed by atoms with Gasteiger partial charge in [0.15, 0.2) is 0 Å². The second kappa shape index (κ2) is 6.48. The third-order valence-electron chi connectivity index (χ3n) is 4.57. The second-order valence-corrected chi connectivity index (χ2v) is 5.87. The van der Waals surface area contributed by atoms with Crippen LogP contribution in [0, 0.1) is 0 Å². The van der Waals surface area contributed by atoms with Gasteiger partial charge in [-0.2, -0.15) is 0 Å². The Labute approximate surface area is 126 Å². The highest BCUT2D eigenvalue weighted by molar-refractivity contribution is 5.79. The van der Waals surface area contributed by atoms with Crippen LogP contribution >= 0.6 is 0 Å². The average molecular weight is 289 g/mol. The van der Waals surface area contributed by atoms with Crippen molar-refractivity contribution >= 4 is 5.91 Å². The minimum atomic E-state index is 0.223. The van der Waals surface area contributed by atoms with Gasteiger partial charge in [0.2, 0.25) is 5.91 Å². The molecule has 1 amide bonds. The molecular weight excluding hydrogens is 266 g/mol. The number of hydrogen-bond acceptors (Lipinski definition) is 3. The zero-order chi connectivity index (χ0) is 14.7. The third-order valence-corrected chi connectivity index (χ3v) is 4.57. The second-order valence-electron chi connectivity index (χ2n) is 5.87. The number of benzene rings is 1. The van der Waals surface area contributed by atoms with Gasteiger partial charge in [-0.1, -0.05) is 25.0 Å². The molecule has 2 fully saturated rings. The van der Waals surface area contributed by atoms with Crippen LogP contribution in [0.15, 0.2) is 24.3 Å². The first-order chi connectivity index (χ1) is 10.3. The monoisotopic (exact) mass is 289 g/mol. The number of amides is 1. The van der Waals surface area contributed by atoms with E-state index in [1.54, 1.807) is 7.11 Å². The van der Waals surface area contributed by atoms with E-state index in [-0.39, 0.29) is 12.0 Å². The maximum absolute atomic E-state index is 12.6. The molecule has 4 nitrogen and oxygen atoms in total. The van der Waals surface area contributed by atoms with Crippen LogP contribution in [-0.4, -0.2) is 43.2 Å². The van der Waals surface area contributed by atoms with E-state index in [1.807, 2.05) is 24.3 Å². The molecule has 4 heteroatoms. The van der Waals surface area contributed by atoms with Crippen molar-refractivity contribution in [3.63, 3.8) is 0 Å². The summed E-state index contributed by atoms with van der Waals surface area (Å²) in [6.07, 6.45) is 5.33. The number of methoxy groups -OCH3 is 1. The molecule has 0 bridgehead atoms. The highest BCUT2D eigenvalue weighted by Crippen LogP contribution is 2.29. The molecule has 2 atom stereocenters. The van der Waals surface area contributed by atoms with Crippen molar-refractivity contribution in [1.82, 2.24) is 4.90 Å². The Morgan fingerprint density at radius 2 is 2.05 bits per heavy atom. The fourth-order valence-electron chi connectivity index (χ4n) is 3.43. The van der Waals surface area contributed by atoms with E-state index < -0.39 is 0 Å². The Hall–Kier alpha value is -1.55. The topological polar surface area (TPSA) is 38.8 Å². The van der Waals surface area contributed by atoms with Crippen molar-refractivity contribution < 1.29 is 14.3 Å². The molecule has 3 rings (SSSR count). The molecule has 1 aromatic carbocycles. The van der Waals surface area contributed by atoms with Gasteiger partial charge in [-0.3, -0.25) is 4.79 Å². The lowest BCUT2D eigenvalue weighted by Gasteiger charge is -2.43. The van der Waals surface area contributed by atoms with Crippen molar-refractivity contribution in [2.24, 2.45) is 0 Å². The summed E-state index contributed by atoms with van der Waals surface area (Å²) in [5.41, 5.74) is 1.04. The van der Waals surface area contributed by atoms with E-state index in [0.29, 0.717) is 19.1 Å². The lowest BCUT2D eigenvalue weighted by Crippen LogP contribution is -2.55. The molecule has 1 heterocycles. The number of carbonyl (C=O) groups excluding carboxylic acids is 1. The van der Waals surface area contributed by atoms with E-state index in [0.717, 1.165) is 30.7 Å². The first-order valence-electron chi connectivity index (χ1n) is 7.82. The highest BCUT2D eigenvalue weighted by Gasteiger charge is 2.36. The van der Waals surface area contributed by atoms with Crippen molar-refractivity contribution in [3.05, 3.63) is 29.8 Å². The number of fused-ring (bicyclic) bond motifs is 1. The predicted octanol–water partition coefficient (Wildman–Crippen LogP) is 2.41. The molecule has 0 unspecified atom stereocenters. The number of carbonyl (C=O) groups is 1. The number of hydrogen-bond donors (Lipinski definition) is 0. The lowest BCUT2D eigenvalue weighted by molar-refractivity contribution is -0.148.